The zero-order valence-electron chi connectivity index (χ0n) is 6.32. The number of rotatable bonds is 4. The zero-order valence-corrected chi connectivity index (χ0v) is 7.13. The Balaban J connectivity index is 3.28. The summed E-state index contributed by atoms with van der Waals surface area (Å²) >= 11 is 1.26. The average molecular weight is 187 g/mol. The zero-order chi connectivity index (χ0) is 8.91. The highest BCUT2D eigenvalue weighted by Crippen LogP contribution is 2.23. The van der Waals surface area contributed by atoms with Crippen LogP contribution in [0.3, 0.4) is 0 Å². The monoisotopic (exact) mass is 187 g/mol. The van der Waals surface area contributed by atoms with Gasteiger partial charge in [0, 0.05) is 17.5 Å². The molecular formula is C6H12F3NS. The molecule has 0 aromatic heterocycles. The Kier molecular flexibility index (Phi) is 4.92. The van der Waals surface area contributed by atoms with Crippen LogP contribution in [0.15, 0.2) is 0 Å². The van der Waals surface area contributed by atoms with Crippen LogP contribution in [0.25, 0.3) is 0 Å². The molecule has 0 aromatic carbocycles. The van der Waals surface area contributed by atoms with Crippen LogP contribution >= 0.6 is 11.8 Å². The van der Waals surface area contributed by atoms with Crippen LogP contribution in [0.1, 0.15) is 13.3 Å². The first-order valence-electron chi connectivity index (χ1n) is 3.34. The second-order valence-corrected chi connectivity index (χ2v) is 3.83. The lowest BCUT2D eigenvalue weighted by molar-refractivity contribution is -0.129. The Labute approximate surface area is 68.5 Å². The molecule has 1 atom stereocenters. The summed E-state index contributed by atoms with van der Waals surface area (Å²) in [5, 5.41) is 0.123. The molecule has 11 heavy (non-hydrogen) atoms. The highest BCUT2D eigenvalue weighted by molar-refractivity contribution is 7.99. The Morgan fingerprint density at radius 1 is 1.45 bits per heavy atom. The van der Waals surface area contributed by atoms with Gasteiger partial charge >= 0.3 is 6.18 Å². The fraction of sp³-hybridized carbons (Fsp3) is 1.00. The van der Waals surface area contributed by atoms with E-state index in [2.05, 4.69) is 0 Å². The summed E-state index contributed by atoms with van der Waals surface area (Å²) in [4.78, 5) is 0. The lowest BCUT2D eigenvalue weighted by Gasteiger charge is -2.09. The summed E-state index contributed by atoms with van der Waals surface area (Å²) in [5.74, 6) is 0.113. The number of hydrogen-bond acceptors (Lipinski definition) is 2. The molecule has 0 saturated carbocycles. The summed E-state index contributed by atoms with van der Waals surface area (Å²) in [7, 11) is 0. The van der Waals surface area contributed by atoms with Gasteiger partial charge in [-0.15, -0.1) is 0 Å². The van der Waals surface area contributed by atoms with Gasteiger partial charge in [-0.3, -0.25) is 0 Å². The van der Waals surface area contributed by atoms with Crippen molar-refractivity contribution in [3.05, 3.63) is 0 Å². The molecule has 0 fully saturated rings. The Hall–Kier alpha value is 0.100. The minimum Gasteiger partial charge on any atom is -0.329 e. The van der Waals surface area contributed by atoms with Gasteiger partial charge in [-0.25, -0.2) is 0 Å². The Morgan fingerprint density at radius 3 is 2.36 bits per heavy atom. The number of thioether (sulfide) groups is 1. The maximum absolute atomic E-state index is 11.6. The minimum absolute atomic E-state index is 0.113. The molecule has 0 radical (unpaired) electrons. The SMILES string of the molecule is CC(CN)SCCC(F)(F)F. The highest BCUT2D eigenvalue weighted by atomic mass is 32.2. The van der Waals surface area contributed by atoms with Crippen LogP contribution in [-0.2, 0) is 0 Å². The van der Waals surface area contributed by atoms with Crippen LogP contribution in [0, 0.1) is 0 Å². The van der Waals surface area contributed by atoms with Crippen molar-refractivity contribution in [1.29, 1.82) is 0 Å². The van der Waals surface area contributed by atoms with E-state index in [0.717, 1.165) is 0 Å². The predicted molar refractivity (Wildman–Crippen MR) is 41.6 cm³/mol. The van der Waals surface area contributed by atoms with Gasteiger partial charge in [0.05, 0.1) is 6.42 Å². The Morgan fingerprint density at radius 2 is 2.00 bits per heavy atom. The fourth-order valence-electron chi connectivity index (χ4n) is 0.444. The van der Waals surface area contributed by atoms with E-state index in [1.807, 2.05) is 6.92 Å². The summed E-state index contributed by atoms with van der Waals surface area (Å²) in [6.45, 7) is 2.25. The number of nitrogens with two attached hydrogens (primary N) is 1. The van der Waals surface area contributed by atoms with Crippen molar-refractivity contribution < 1.29 is 13.2 Å². The molecule has 1 nitrogen and oxygen atoms in total. The number of alkyl halides is 3. The molecule has 0 aliphatic heterocycles. The van der Waals surface area contributed by atoms with Crippen molar-refractivity contribution in [3.8, 4) is 0 Å². The summed E-state index contributed by atoms with van der Waals surface area (Å²) in [5.41, 5.74) is 5.22. The van der Waals surface area contributed by atoms with E-state index < -0.39 is 12.6 Å². The van der Waals surface area contributed by atoms with Gasteiger partial charge in [0.15, 0.2) is 0 Å². The van der Waals surface area contributed by atoms with Crippen molar-refractivity contribution in [1.82, 2.24) is 0 Å². The second kappa shape index (κ2) is 4.87. The molecule has 0 saturated heterocycles. The van der Waals surface area contributed by atoms with Gasteiger partial charge < -0.3 is 5.73 Å². The van der Waals surface area contributed by atoms with E-state index in [1.54, 1.807) is 0 Å². The third kappa shape index (κ3) is 8.00. The third-order valence-electron chi connectivity index (χ3n) is 1.12. The molecule has 2 N–H and O–H groups in total. The number of halogens is 3. The number of hydrogen-bond donors (Lipinski definition) is 1. The normalized spacial score (nSPS) is 15.0. The molecule has 0 aliphatic carbocycles. The minimum atomic E-state index is -4.03. The molecule has 1 unspecified atom stereocenters. The summed E-state index contributed by atoms with van der Waals surface area (Å²) < 4.78 is 34.7. The van der Waals surface area contributed by atoms with Gasteiger partial charge in [-0.2, -0.15) is 24.9 Å². The molecule has 0 spiro atoms. The van der Waals surface area contributed by atoms with Crippen LogP contribution in [-0.4, -0.2) is 23.7 Å². The van der Waals surface area contributed by atoms with E-state index in [9.17, 15) is 13.2 Å². The first kappa shape index (κ1) is 11.1. The standard InChI is InChI=1S/C6H12F3NS/c1-5(4-10)11-3-2-6(7,8)9/h5H,2-4,10H2,1H3. The molecule has 0 amide bonds. The quantitative estimate of drug-likeness (QED) is 0.728. The van der Waals surface area contributed by atoms with Crippen LogP contribution < -0.4 is 5.73 Å². The maximum atomic E-state index is 11.6. The second-order valence-electron chi connectivity index (χ2n) is 2.28. The van der Waals surface area contributed by atoms with Crippen LogP contribution in [0.4, 0.5) is 13.2 Å². The summed E-state index contributed by atoms with van der Waals surface area (Å²) in [6.07, 6.45) is -4.75. The topological polar surface area (TPSA) is 26.0 Å². The smallest absolute Gasteiger partial charge is 0.329 e. The fourth-order valence-corrected chi connectivity index (χ4v) is 1.33. The Bertz CT molecular complexity index is 104. The van der Waals surface area contributed by atoms with E-state index in [4.69, 9.17) is 5.73 Å². The van der Waals surface area contributed by atoms with Gasteiger partial charge in [-0.1, -0.05) is 6.92 Å². The largest absolute Gasteiger partial charge is 0.389 e. The van der Waals surface area contributed by atoms with E-state index in [0.29, 0.717) is 6.54 Å². The molecular weight excluding hydrogens is 175 g/mol. The molecule has 68 valence electrons. The van der Waals surface area contributed by atoms with Gasteiger partial charge in [0.25, 0.3) is 0 Å². The molecule has 0 rings (SSSR count). The lowest BCUT2D eigenvalue weighted by atomic mass is 10.5. The van der Waals surface area contributed by atoms with Crippen molar-refractivity contribution in [3.63, 3.8) is 0 Å². The van der Waals surface area contributed by atoms with Crippen molar-refractivity contribution in [2.24, 2.45) is 5.73 Å². The van der Waals surface area contributed by atoms with Crippen molar-refractivity contribution >= 4 is 11.8 Å². The lowest BCUT2D eigenvalue weighted by Crippen LogP contribution is -2.15. The maximum Gasteiger partial charge on any atom is 0.389 e. The third-order valence-corrected chi connectivity index (χ3v) is 2.32. The van der Waals surface area contributed by atoms with E-state index in [-0.39, 0.29) is 11.0 Å². The molecule has 0 aliphatic rings. The molecule has 0 bridgehead atoms. The van der Waals surface area contributed by atoms with Crippen LogP contribution in [0.2, 0.25) is 0 Å². The molecule has 0 heterocycles. The van der Waals surface area contributed by atoms with Gasteiger partial charge in [0.1, 0.15) is 0 Å². The van der Waals surface area contributed by atoms with Gasteiger partial charge in [0.2, 0.25) is 0 Å². The van der Waals surface area contributed by atoms with Crippen molar-refractivity contribution in [2.45, 2.75) is 24.8 Å². The molecule has 0 aromatic rings. The first-order chi connectivity index (χ1) is 4.95. The van der Waals surface area contributed by atoms with E-state index >= 15 is 0 Å². The van der Waals surface area contributed by atoms with E-state index in [1.165, 1.54) is 11.8 Å². The highest BCUT2D eigenvalue weighted by Gasteiger charge is 2.26. The van der Waals surface area contributed by atoms with Crippen molar-refractivity contribution in [2.75, 3.05) is 12.3 Å². The average Bonchev–Trinajstić information content (AvgIpc) is 1.85. The summed E-state index contributed by atoms with van der Waals surface area (Å²) in [6, 6.07) is 0. The van der Waals surface area contributed by atoms with Gasteiger partial charge in [-0.05, 0) is 0 Å². The van der Waals surface area contributed by atoms with Crippen LogP contribution in [0.5, 0.6) is 0 Å². The predicted octanol–water partition coefficient (Wildman–Crippen LogP) is 2.02. The first-order valence-corrected chi connectivity index (χ1v) is 4.39. The molecule has 5 heteroatoms.